The van der Waals surface area contributed by atoms with Crippen LogP contribution >= 0.6 is 0 Å². The van der Waals surface area contributed by atoms with Crippen LogP contribution in [-0.4, -0.2) is 42.0 Å². The second kappa shape index (κ2) is 10.7. The average molecular weight is 369 g/mol. The second-order valence-electron chi connectivity index (χ2n) is 6.45. The summed E-state index contributed by atoms with van der Waals surface area (Å²) in [5.41, 5.74) is 2.03. The Labute approximate surface area is 163 Å². The van der Waals surface area contributed by atoms with Gasteiger partial charge in [0.05, 0.1) is 0 Å². The van der Waals surface area contributed by atoms with Gasteiger partial charge >= 0.3 is 0 Å². The molecule has 146 valence electrons. The maximum absolute atomic E-state index is 13.0. The fraction of sp³-hybridized carbons (Fsp3) is 0.455. The maximum Gasteiger partial charge on any atom is 0.242 e. The molecule has 1 N–H and O–H groups in total. The maximum atomic E-state index is 13.0. The molecule has 2 rings (SSSR count). The number of nitrogens with zero attached hydrogens (tertiary/aromatic N) is 3. The summed E-state index contributed by atoms with van der Waals surface area (Å²) in [6, 6.07) is 13.8. The summed E-state index contributed by atoms with van der Waals surface area (Å²) in [6.07, 6.45) is 1.85. The van der Waals surface area contributed by atoms with Crippen molar-refractivity contribution in [2.45, 2.75) is 40.3 Å². The summed E-state index contributed by atoms with van der Waals surface area (Å²) in [5.74, 6) is 0.998. The summed E-state index contributed by atoms with van der Waals surface area (Å²) in [6.45, 7) is 12.4. The van der Waals surface area contributed by atoms with Crippen molar-refractivity contribution in [1.29, 1.82) is 0 Å². The lowest BCUT2D eigenvalue weighted by atomic mass is 10.0. The van der Waals surface area contributed by atoms with Crippen LogP contribution in [0.1, 0.15) is 44.9 Å². The van der Waals surface area contributed by atoms with E-state index in [2.05, 4.69) is 47.8 Å². The van der Waals surface area contributed by atoms with E-state index in [-0.39, 0.29) is 11.9 Å². The van der Waals surface area contributed by atoms with Gasteiger partial charge in [-0.05, 0) is 44.1 Å². The Bertz CT molecular complexity index is 679. The lowest BCUT2D eigenvalue weighted by Gasteiger charge is -2.29. The molecule has 0 saturated carbocycles. The standard InChI is InChI=1S/C22H32N4O/c1-5-25(6-2)20-15-14-18(16-23-20)17-24-22(27)21(26(7-3)8-4)19-12-10-9-11-13-19/h9-16,21H,5-8,17H2,1-4H3,(H,24,27). The van der Waals surface area contributed by atoms with E-state index in [0.717, 1.165) is 43.1 Å². The van der Waals surface area contributed by atoms with Gasteiger partial charge in [0.25, 0.3) is 0 Å². The Morgan fingerprint density at radius 3 is 2.15 bits per heavy atom. The summed E-state index contributed by atoms with van der Waals surface area (Å²) < 4.78 is 0. The third kappa shape index (κ3) is 5.54. The minimum absolute atomic E-state index is 0.0257. The van der Waals surface area contributed by atoms with Crippen LogP contribution in [0.2, 0.25) is 0 Å². The largest absolute Gasteiger partial charge is 0.357 e. The Kier molecular flexibility index (Phi) is 8.27. The summed E-state index contributed by atoms with van der Waals surface area (Å²) in [4.78, 5) is 21.9. The quantitative estimate of drug-likeness (QED) is 0.696. The van der Waals surface area contributed by atoms with Crippen molar-refractivity contribution in [3.8, 4) is 0 Å². The van der Waals surface area contributed by atoms with Crippen LogP contribution in [-0.2, 0) is 11.3 Å². The van der Waals surface area contributed by atoms with Gasteiger partial charge in [0.15, 0.2) is 0 Å². The molecule has 0 saturated heterocycles. The van der Waals surface area contributed by atoms with Crippen LogP contribution in [0.25, 0.3) is 0 Å². The van der Waals surface area contributed by atoms with E-state index >= 15 is 0 Å². The van der Waals surface area contributed by atoms with Crippen LogP contribution in [0.5, 0.6) is 0 Å². The van der Waals surface area contributed by atoms with Gasteiger partial charge in [0, 0.05) is 25.8 Å². The zero-order valence-corrected chi connectivity index (χ0v) is 17.0. The van der Waals surface area contributed by atoms with Crippen molar-refractivity contribution in [2.24, 2.45) is 0 Å². The second-order valence-corrected chi connectivity index (χ2v) is 6.45. The smallest absolute Gasteiger partial charge is 0.242 e. The van der Waals surface area contributed by atoms with E-state index in [1.807, 2.05) is 48.7 Å². The third-order valence-corrected chi connectivity index (χ3v) is 4.90. The molecule has 0 fully saturated rings. The Morgan fingerprint density at radius 2 is 1.63 bits per heavy atom. The molecule has 0 radical (unpaired) electrons. The number of carbonyl (C=O) groups is 1. The Morgan fingerprint density at radius 1 is 0.963 bits per heavy atom. The van der Waals surface area contributed by atoms with E-state index in [1.165, 1.54) is 0 Å². The SMILES string of the molecule is CCN(CC)c1ccc(CNC(=O)C(c2ccccc2)N(CC)CC)cn1. The lowest BCUT2D eigenvalue weighted by Crippen LogP contribution is -2.40. The average Bonchev–Trinajstić information content (AvgIpc) is 2.72. The van der Waals surface area contributed by atoms with Crippen LogP contribution in [0, 0.1) is 0 Å². The summed E-state index contributed by atoms with van der Waals surface area (Å²) in [7, 11) is 0. The Hall–Kier alpha value is -2.40. The first kappa shape index (κ1) is 20.9. The number of pyridine rings is 1. The first-order valence-corrected chi connectivity index (χ1v) is 9.91. The molecule has 0 aliphatic carbocycles. The monoisotopic (exact) mass is 368 g/mol. The van der Waals surface area contributed by atoms with Crippen molar-refractivity contribution in [2.75, 3.05) is 31.1 Å². The highest BCUT2D eigenvalue weighted by atomic mass is 16.2. The van der Waals surface area contributed by atoms with Gasteiger partial charge in [0.1, 0.15) is 11.9 Å². The molecule has 1 amide bonds. The van der Waals surface area contributed by atoms with Gasteiger partial charge in [-0.15, -0.1) is 0 Å². The van der Waals surface area contributed by atoms with Crippen molar-refractivity contribution in [3.05, 3.63) is 59.8 Å². The molecule has 27 heavy (non-hydrogen) atoms. The van der Waals surface area contributed by atoms with E-state index in [1.54, 1.807) is 0 Å². The number of nitrogens with one attached hydrogen (secondary N) is 1. The number of aromatic nitrogens is 1. The van der Waals surface area contributed by atoms with Gasteiger partial charge in [-0.2, -0.15) is 0 Å². The Balaban J connectivity index is 2.07. The van der Waals surface area contributed by atoms with Crippen LogP contribution in [0.15, 0.2) is 48.7 Å². The van der Waals surface area contributed by atoms with Crippen molar-refractivity contribution < 1.29 is 4.79 Å². The molecule has 5 heteroatoms. The molecular formula is C22H32N4O. The molecule has 2 aromatic rings. The van der Waals surface area contributed by atoms with Crippen LogP contribution < -0.4 is 10.2 Å². The molecule has 1 heterocycles. The molecule has 1 aromatic carbocycles. The number of carbonyl (C=O) groups excluding carboxylic acids is 1. The van der Waals surface area contributed by atoms with E-state index in [4.69, 9.17) is 0 Å². The zero-order valence-electron chi connectivity index (χ0n) is 17.0. The molecule has 1 atom stereocenters. The molecule has 1 unspecified atom stereocenters. The van der Waals surface area contributed by atoms with E-state index in [9.17, 15) is 4.79 Å². The van der Waals surface area contributed by atoms with E-state index < -0.39 is 0 Å². The first-order chi connectivity index (χ1) is 13.1. The van der Waals surface area contributed by atoms with Crippen molar-refractivity contribution >= 4 is 11.7 Å². The lowest BCUT2D eigenvalue weighted by molar-refractivity contribution is -0.126. The number of benzene rings is 1. The third-order valence-electron chi connectivity index (χ3n) is 4.90. The zero-order chi connectivity index (χ0) is 19.6. The number of likely N-dealkylation sites (N-methyl/N-ethyl adjacent to an activating group) is 1. The predicted molar refractivity (Wildman–Crippen MR) is 112 cm³/mol. The molecule has 0 bridgehead atoms. The minimum atomic E-state index is -0.274. The number of hydrogen-bond acceptors (Lipinski definition) is 4. The number of rotatable bonds is 10. The van der Waals surface area contributed by atoms with Crippen LogP contribution in [0.3, 0.4) is 0 Å². The highest BCUT2D eigenvalue weighted by Gasteiger charge is 2.25. The molecular weight excluding hydrogens is 336 g/mol. The van der Waals surface area contributed by atoms with Crippen molar-refractivity contribution in [1.82, 2.24) is 15.2 Å². The van der Waals surface area contributed by atoms with Gasteiger partial charge in [0.2, 0.25) is 5.91 Å². The van der Waals surface area contributed by atoms with Gasteiger partial charge in [-0.25, -0.2) is 4.98 Å². The van der Waals surface area contributed by atoms with Crippen LogP contribution in [0.4, 0.5) is 5.82 Å². The number of hydrogen-bond donors (Lipinski definition) is 1. The fourth-order valence-corrected chi connectivity index (χ4v) is 3.29. The number of amides is 1. The van der Waals surface area contributed by atoms with E-state index in [0.29, 0.717) is 6.54 Å². The highest BCUT2D eigenvalue weighted by Crippen LogP contribution is 2.21. The summed E-state index contributed by atoms with van der Waals surface area (Å²) >= 11 is 0. The molecule has 1 aromatic heterocycles. The van der Waals surface area contributed by atoms with Gasteiger partial charge in [-0.1, -0.05) is 50.2 Å². The molecule has 0 spiro atoms. The topological polar surface area (TPSA) is 48.5 Å². The van der Waals surface area contributed by atoms with Gasteiger partial charge in [-0.3, -0.25) is 9.69 Å². The predicted octanol–water partition coefficient (Wildman–Crippen LogP) is 3.63. The number of anilines is 1. The molecule has 0 aliphatic rings. The fourth-order valence-electron chi connectivity index (χ4n) is 3.29. The first-order valence-electron chi connectivity index (χ1n) is 9.91. The highest BCUT2D eigenvalue weighted by molar-refractivity contribution is 5.83. The van der Waals surface area contributed by atoms with Gasteiger partial charge < -0.3 is 10.2 Å². The molecule has 0 aliphatic heterocycles. The summed E-state index contributed by atoms with van der Waals surface area (Å²) in [5, 5.41) is 3.09. The van der Waals surface area contributed by atoms with Crippen molar-refractivity contribution in [3.63, 3.8) is 0 Å². The molecule has 5 nitrogen and oxygen atoms in total. The normalized spacial score (nSPS) is 12.0. The minimum Gasteiger partial charge on any atom is -0.357 e.